The molecule has 168 valence electrons. The number of aldehydes is 2. The van der Waals surface area contributed by atoms with Gasteiger partial charge in [-0.2, -0.15) is 19.9 Å². The van der Waals surface area contributed by atoms with Gasteiger partial charge in [-0.3, -0.25) is 9.59 Å². The lowest BCUT2D eigenvalue weighted by Crippen LogP contribution is -2.01. The van der Waals surface area contributed by atoms with Gasteiger partial charge in [0.05, 0.1) is 12.1 Å². The Hall–Kier alpha value is -4.86. The summed E-state index contributed by atoms with van der Waals surface area (Å²) in [5.74, 6) is 1.77. The van der Waals surface area contributed by atoms with E-state index in [0.29, 0.717) is 35.6 Å². The fraction of sp³-hybridized carbons (Fsp3) is 0.0833. The van der Waals surface area contributed by atoms with Crippen LogP contribution in [0.1, 0.15) is 32.4 Å². The molecule has 3 heterocycles. The topological polar surface area (TPSA) is 123 Å². The van der Waals surface area contributed by atoms with Crippen LogP contribution in [0.3, 0.4) is 0 Å². The molecule has 5 rings (SSSR count). The summed E-state index contributed by atoms with van der Waals surface area (Å²) in [6, 6.07) is 13.2. The van der Waals surface area contributed by atoms with E-state index in [9.17, 15) is 9.59 Å². The Labute approximate surface area is 193 Å². The largest absolute Gasteiger partial charge is 0.439 e. The van der Waals surface area contributed by atoms with E-state index in [0.717, 1.165) is 11.1 Å². The second-order valence-electron chi connectivity index (χ2n) is 7.41. The number of aryl methyl sites for hydroxylation is 2. The molecule has 1 aliphatic rings. The van der Waals surface area contributed by atoms with Gasteiger partial charge in [-0.15, -0.1) is 0 Å². The zero-order valence-corrected chi connectivity index (χ0v) is 18.0. The first-order chi connectivity index (χ1) is 16.4. The van der Waals surface area contributed by atoms with E-state index in [1.54, 1.807) is 36.4 Å². The van der Waals surface area contributed by atoms with Crippen molar-refractivity contribution in [2.75, 3.05) is 0 Å². The summed E-state index contributed by atoms with van der Waals surface area (Å²) < 4.78 is 23.5. The molecule has 34 heavy (non-hydrogen) atoms. The Bertz CT molecular complexity index is 1250. The summed E-state index contributed by atoms with van der Waals surface area (Å²) in [7, 11) is 0. The minimum absolute atomic E-state index is 0.104. The fourth-order valence-corrected chi connectivity index (χ4v) is 3.30. The van der Waals surface area contributed by atoms with E-state index in [2.05, 4.69) is 19.9 Å². The van der Waals surface area contributed by atoms with E-state index in [1.165, 1.54) is 12.1 Å². The third-order valence-electron chi connectivity index (χ3n) is 4.54. The van der Waals surface area contributed by atoms with Crippen LogP contribution in [0.5, 0.6) is 46.5 Å². The molecule has 4 aromatic rings. The number of nitrogens with zero attached hydrogens (tertiary/aromatic N) is 4. The van der Waals surface area contributed by atoms with Crippen LogP contribution < -0.4 is 18.9 Å². The molecule has 10 nitrogen and oxygen atoms in total. The lowest BCUT2D eigenvalue weighted by Gasteiger charge is -2.14. The highest BCUT2D eigenvalue weighted by molar-refractivity contribution is 5.70. The second-order valence-corrected chi connectivity index (χ2v) is 7.41. The standard InChI is InChI=1S/C24H16N4O6/c1-13-3-15-7-16(4-13)32-22-10-24(28-20(12-30)26-22)34-18-6-14(2)5-17(8-18)33-23-9-21(31-15)25-19(11-29)27-23/h3-12H,1-2H3. The van der Waals surface area contributed by atoms with Crippen LogP contribution >= 0.6 is 0 Å². The summed E-state index contributed by atoms with van der Waals surface area (Å²) >= 11 is 0. The minimum atomic E-state index is -0.105. The maximum atomic E-state index is 11.4. The number of hydrogen-bond acceptors (Lipinski definition) is 10. The number of carbonyl (C=O) groups is 2. The Morgan fingerprint density at radius 2 is 0.794 bits per heavy atom. The molecule has 8 bridgehead atoms. The third-order valence-corrected chi connectivity index (χ3v) is 4.54. The molecule has 2 aromatic carbocycles. The molecular weight excluding hydrogens is 440 g/mol. The first-order valence-electron chi connectivity index (χ1n) is 10.1. The van der Waals surface area contributed by atoms with Gasteiger partial charge in [0.2, 0.25) is 23.5 Å². The van der Waals surface area contributed by atoms with Crippen LogP contribution in [0.2, 0.25) is 0 Å². The van der Waals surface area contributed by atoms with Gasteiger partial charge in [0.15, 0.2) is 24.2 Å². The van der Waals surface area contributed by atoms with Gasteiger partial charge in [0.25, 0.3) is 0 Å². The van der Waals surface area contributed by atoms with Gasteiger partial charge in [-0.05, 0) is 49.2 Å². The van der Waals surface area contributed by atoms with Gasteiger partial charge in [-0.1, -0.05) is 0 Å². The molecule has 0 aliphatic carbocycles. The molecule has 0 saturated heterocycles. The number of ether oxygens (including phenoxy) is 4. The second kappa shape index (κ2) is 8.58. The minimum Gasteiger partial charge on any atom is -0.439 e. The van der Waals surface area contributed by atoms with Crippen molar-refractivity contribution in [1.82, 2.24) is 19.9 Å². The van der Waals surface area contributed by atoms with Crippen molar-refractivity contribution in [3.8, 4) is 46.5 Å². The average Bonchev–Trinajstić information content (AvgIpc) is 2.77. The summed E-state index contributed by atoms with van der Waals surface area (Å²) in [6.07, 6.45) is 1.00. The Morgan fingerprint density at radius 1 is 0.500 bits per heavy atom. The maximum absolute atomic E-state index is 11.4. The zero-order chi connectivity index (χ0) is 23.7. The number of hydrogen-bond donors (Lipinski definition) is 0. The maximum Gasteiger partial charge on any atom is 0.226 e. The molecule has 0 radical (unpaired) electrons. The molecule has 0 amide bonds. The molecule has 0 fully saturated rings. The van der Waals surface area contributed by atoms with Crippen LogP contribution in [0, 0.1) is 13.8 Å². The van der Waals surface area contributed by atoms with Gasteiger partial charge in [0.1, 0.15) is 23.0 Å². The number of rotatable bonds is 2. The van der Waals surface area contributed by atoms with E-state index in [4.69, 9.17) is 18.9 Å². The molecule has 0 spiro atoms. The van der Waals surface area contributed by atoms with Gasteiger partial charge in [-0.25, -0.2) is 0 Å². The average molecular weight is 456 g/mol. The van der Waals surface area contributed by atoms with E-state index in [-0.39, 0.29) is 35.2 Å². The number of carbonyl (C=O) groups excluding carboxylic acids is 2. The lowest BCUT2D eigenvalue weighted by molar-refractivity contribution is 0.110. The smallest absolute Gasteiger partial charge is 0.226 e. The molecule has 10 heteroatoms. The van der Waals surface area contributed by atoms with E-state index in [1.807, 2.05) is 13.8 Å². The highest BCUT2D eigenvalue weighted by Crippen LogP contribution is 2.34. The van der Waals surface area contributed by atoms with Crippen molar-refractivity contribution >= 4 is 12.6 Å². The fourth-order valence-electron chi connectivity index (χ4n) is 3.30. The first kappa shape index (κ1) is 21.0. The molecule has 2 aromatic heterocycles. The van der Waals surface area contributed by atoms with Crippen molar-refractivity contribution in [1.29, 1.82) is 0 Å². The van der Waals surface area contributed by atoms with Gasteiger partial charge in [0, 0.05) is 12.1 Å². The van der Waals surface area contributed by atoms with Crippen molar-refractivity contribution in [3.63, 3.8) is 0 Å². The van der Waals surface area contributed by atoms with Gasteiger partial charge < -0.3 is 18.9 Å². The molecule has 0 unspecified atom stereocenters. The number of aromatic nitrogens is 4. The lowest BCUT2D eigenvalue weighted by atomic mass is 10.2. The highest BCUT2D eigenvalue weighted by atomic mass is 16.5. The normalized spacial score (nSPS) is 11.8. The highest BCUT2D eigenvalue weighted by Gasteiger charge is 2.14. The molecule has 1 aliphatic heterocycles. The summed E-state index contributed by atoms with van der Waals surface area (Å²) in [5, 5.41) is 0. The first-order valence-corrected chi connectivity index (χ1v) is 10.1. The Balaban J connectivity index is 1.68. The Morgan fingerprint density at radius 3 is 1.06 bits per heavy atom. The van der Waals surface area contributed by atoms with Crippen LogP contribution in [0.25, 0.3) is 0 Å². The van der Waals surface area contributed by atoms with Crippen molar-refractivity contribution < 1.29 is 28.5 Å². The van der Waals surface area contributed by atoms with E-state index >= 15 is 0 Å². The predicted molar refractivity (Wildman–Crippen MR) is 117 cm³/mol. The van der Waals surface area contributed by atoms with Crippen LogP contribution in [-0.2, 0) is 0 Å². The van der Waals surface area contributed by atoms with Crippen LogP contribution in [0.4, 0.5) is 0 Å². The number of benzene rings is 2. The molecule has 0 saturated carbocycles. The monoisotopic (exact) mass is 456 g/mol. The third kappa shape index (κ3) is 4.65. The van der Waals surface area contributed by atoms with Gasteiger partial charge >= 0.3 is 0 Å². The van der Waals surface area contributed by atoms with Crippen molar-refractivity contribution in [2.45, 2.75) is 13.8 Å². The predicted octanol–water partition coefficient (Wildman–Crippen LogP) is 4.99. The summed E-state index contributed by atoms with van der Waals surface area (Å²) in [6.45, 7) is 3.70. The van der Waals surface area contributed by atoms with Crippen molar-refractivity contribution in [3.05, 3.63) is 71.3 Å². The number of fused-ring (bicyclic) bond motifs is 8. The molecular formula is C24H16N4O6. The Kier molecular flexibility index (Phi) is 5.30. The quantitative estimate of drug-likeness (QED) is 0.336. The van der Waals surface area contributed by atoms with E-state index < -0.39 is 0 Å². The summed E-state index contributed by atoms with van der Waals surface area (Å²) in [4.78, 5) is 39.2. The SMILES string of the molecule is Cc1cc2cc(c1)Oc1cc(nc(C=O)n1)Oc1cc(C)cc(c1)Oc1cc(nc(C=O)n1)O2. The van der Waals surface area contributed by atoms with Crippen LogP contribution in [-0.4, -0.2) is 32.5 Å². The molecule has 0 N–H and O–H groups in total. The van der Waals surface area contributed by atoms with Crippen LogP contribution in [0.15, 0.2) is 48.5 Å². The van der Waals surface area contributed by atoms with Crippen molar-refractivity contribution in [2.24, 2.45) is 0 Å². The summed E-state index contributed by atoms with van der Waals surface area (Å²) in [5.41, 5.74) is 1.64. The zero-order valence-electron chi connectivity index (χ0n) is 18.0. The molecule has 0 atom stereocenters.